The fraction of sp³-hybridized carbons (Fsp3) is 0.545. The number of aromatic nitrogens is 1. The third-order valence-corrected chi connectivity index (χ3v) is 2.60. The van der Waals surface area contributed by atoms with Gasteiger partial charge in [-0.2, -0.15) is 0 Å². The fourth-order valence-electron chi connectivity index (χ4n) is 1.33. The maximum absolute atomic E-state index is 5.82. The van der Waals surface area contributed by atoms with Gasteiger partial charge in [0.2, 0.25) is 0 Å². The number of pyridine rings is 1. The van der Waals surface area contributed by atoms with E-state index in [9.17, 15) is 0 Å². The molecule has 2 unspecified atom stereocenters. The van der Waals surface area contributed by atoms with Crippen molar-refractivity contribution < 1.29 is 0 Å². The summed E-state index contributed by atoms with van der Waals surface area (Å²) in [4.78, 5) is 3.96. The fourth-order valence-corrected chi connectivity index (χ4v) is 1.51. The standard InChI is InChI=1S/C11H17ClN2/c1-4-8(2)14-9(3)10-5-6-13-11(12)7-10/h5-9,14H,4H2,1-3H3. The van der Waals surface area contributed by atoms with E-state index in [2.05, 4.69) is 31.1 Å². The summed E-state index contributed by atoms with van der Waals surface area (Å²) in [5, 5.41) is 4.04. The van der Waals surface area contributed by atoms with Crippen molar-refractivity contribution in [2.75, 3.05) is 0 Å². The first kappa shape index (κ1) is 11.5. The summed E-state index contributed by atoms with van der Waals surface area (Å²) in [5.74, 6) is 0. The number of hydrogen-bond acceptors (Lipinski definition) is 2. The van der Waals surface area contributed by atoms with Crippen LogP contribution in [-0.4, -0.2) is 11.0 Å². The molecule has 0 radical (unpaired) electrons. The van der Waals surface area contributed by atoms with Crippen LogP contribution in [0.1, 0.15) is 38.8 Å². The minimum atomic E-state index is 0.324. The van der Waals surface area contributed by atoms with E-state index in [1.54, 1.807) is 6.20 Å². The number of hydrogen-bond donors (Lipinski definition) is 1. The summed E-state index contributed by atoms with van der Waals surface area (Å²) >= 11 is 5.82. The largest absolute Gasteiger partial charge is 0.308 e. The molecule has 3 heteroatoms. The van der Waals surface area contributed by atoms with Crippen LogP contribution in [0.5, 0.6) is 0 Å². The quantitative estimate of drug-likeness (QED) is 0.776. The zero-order valence-electron chi connectivity index (χ0n) is 8.92. The van der Waals surface area contributed by atoms with Crippen molar-refractivity contribution in [3.63, 3.8) is 0 Å². The van der Waals surface area contributed by atoms with Crippen LogP contribution in [0.4, 0.5) is 0 Å². The molecular formula is C11H17ClN2. The van der Waals surface area contributed by atoms with Crippen LogP contribution >= 0.6 is 11.6 Å². The van der Waals surface area contributed by atoms with E-state index in [1.165, 1.54) is 5.56 Å². The molecule has 0 aliphatic rings. The lowest BCUT2D eigenvalue weighted by atomic mass is 10.1. The summed E-state index contributed by atoms with van der Waals surface area (Å²) < 4.78 is 0. The number of nitrogens with one attached hydrogen (secondary N) is 1. The zero-order chi connectivity index (χ0) is 10.6. The van der Waals surface area contributed by atoms with Crippen LogP contribution in [0.2, 0.25) is 5.15 Å². The van der Waals surface area contributed by atoms with Crippen molar-refractivity contribution in [1.82, 2.24) is 10.3 Å². The summed E-state index contributed by atoms with van der Waals surface area (Å²) in [7, 11) is 0. The summed E-state index contributed by atoms with van der Waals surface area (Å²) in [5.41, 5.74) is 1.19. The first-order valence-electron chi connectivity index (χ1n) is 5.01. The molecule has 1 rings (SSSR count). The molecule has 1 aromatic rings. The van der Waals surface area contributed by atoms with Gasteiger partial charge in [0.1, 0.15) is 5.15 Å². The lowest BCUT2D eigenvalue weighted by Gasteiger charge is -2.19. The highest BCUT2D eigenvalue weighted by Gasteiger charge is 2.08. The zero-order valence-corrected chi connectivity index (χ0v) is 9.67. The Labute approximate surface area is 90.7 Å². The Morgan fingerprint density at radius 3 is 2.79 bits per heavy atom. The Morgan fingerprint density at radius 1 is 1.50 bits per heavy atom. The van der Waals surface area contributed by atoms with Gasteiger partial charge in [-0.15, -0.1) is 0 Å². The molecule has 0 fully saturated rings. The topological polar surface area (TPSA) is 24.9 Å². The second kappa shape index (κ2) is 5.32. The molecule has 1 N–H and O–H groups in total. The molecule has 0 amide bonds. The van der Waals surface area contributed by atoms with Gasteiger partial charge in [0, 0.05) is 18.3 Å². The molecule has 14 heavy (non-hydrogen) atoms. The van der Waals surface area contributed by atoms with Crippen LogP contribution in [0.25, 0.3) is 0 Å². The normalized spacial score (nSPS) is 15.1. The highest BCUT2D eigenvalue weighted by molar-refractivity contribution is 6.29. The monoisotopic (exact) mass is 212 g/mol. The number of halogens is 1. The number of rotatable bonds is 4. The molecule has 0 spiro atoms. The van der Waals surface area contributed by atoms with Gasteiger partial charge in [-0.3, -0.25) is 0 Å². The first-order valence-corrected chi connectivity index (χ1v) is 5.38. The molecule has 0 bridgehead atoms. The van der Waals surface area contributed by atoms with E-state index < -0.39 is 0 Å². The maximum atomic E-state index is 5.82. The average Bonchev–Trinajstić information content (AvgIpc) is 2.17. The third-order valence-electron chi connectivity index (χ3n) is 2.40. The molecule has 0 aromatic carbocycles. The molecule has 2 atom stereocenters. The van der Waals surface area contributed by atoms with E-state index in [1.807, 2.05) is 12.1 Å². The van der Waals surface area contributed by atoms with Crippen LogP contribution in [0.3, 0.4) is 0 Å². The lowest BCUT2D eigenvalue weighted by molar-refractivity contribution is 0.469. The van der Waals surface area contributed by atoms with E-state index in [0.717, 1.165) is 6.42 Å². The maximum Gasteiger partial charge on any atom is 0.129 e. The summed E-state index contributed by atoms with van der Waals surface area (Å²) in [6, 6.07) is 4.75. The molecule has 78 valence electrons. The SMILES string of the molecule is CCC(C)NC(C)c1ccnc(Cl)c1. The van der Waals surface area contributed by atoms with Crippen LogP contribution in [0.15, 0.2) is 18.3 Å². The average molecular weight is 213 g/mol. The summed E-state index contributed by atoms with van der Waals surface area (Å²) in [6.45, 7) is 6.49. The highest BCUT2D eigenvalue weighted by Crippen LogP contribution is 2.15. The van der Waals surface area contributed by atoms with Gasteiger partial charge in [0.15, 0.2) is 0 Å². The molecule has 0 saturated heterocycles. The first-order chi connectivity index (χ1) is 6.63. The minimum absolute atomic E-state index is 0.324. The Morgan fingerprint density at radius 2 is 2.21 bits per heavy atom. The van der Waals surface area contributed by atoms with Gasteiger partial charge in [-0.1, -0.05) is 18.5 Å². The Hall–Kier alpha value is -0.600. The predicted molar refractivity (Wildman–Crippen MR) is 60.6 cm³/mol. The van der Waals surface area contributed by atoms with Gasteiger partial charge < -0.3 is 5.32 Å². The van der Waals surface area contributed by atoms with Gasteiger partial charge in [0.05, 0.1) is 0 Å². The van der Waals surface area contributed by atoms with Crippen LogP contribution in [0, 0.1) is 0 Å². The van der Waals surface area contributed by atoms with Crippen molar-refractivity contribution in [3.8, 4) is 0 Å². The third kappa shape index (κ3) is 3.28. The lowest BCUT2D eigenvalue weighted by Crippen LogP contribution is -2.28. The smallest absolute Gasteiger partial charge is 0.129 e. The van der Waals surface area contributed by atoms with E-state index >= 15 is 0 Å². The Kier molecular flexibility index (Phi) is 4.36. The van der Waals surface area contributed by atoms with Gasteiger partial charge in [-0.25, -0.2) is 4.98 Å². The molecular weight excluding hydrogens is 196 g/mol. The molecule has 0 saturated carbocycles. The van der Waals surface area contributed by atoms with Crippen LogP contribution < -0.4 is 5.32 Å². The van der Waals surface area contributed by atoms with Crippen molar-refractivity contribution in [2.45, 2.75) is 39.3 Å². The highest BCUT2D eigenvalue weighted by atomic mass is 35.5. The number of nitrogens with zero attached hydrogens (tertiary/aromatic N) is 1. The van der Waals surface area contributed by atoms with Gasteiger partial charge in [-0.05, 0) is 38.0 Å². The Balaban J connectivity index is 2.64. The Bertz CT molecular complexity index is 288. The molecule has 0 aliphatic heterocycles. The molecule has 0 aliphatic carbocycles. The van der Waals surface area contributed by atoms with E-state index in [-0.39, 0.29) is 0 Å². The molecule has 2 nitrogen and oxygen atoms in total. The van der Waals surface area contributed by atoms with Gasteiger partial charge >= 0.3 is 0 Å². The second-order valence-electron chi connectivity index (χ2n) is 3.61. The molecule has 1 heterocycles. The summed E-state index contributed by atoms with van der Waals surface area (Å²) in [6.07, 6.45) is 2.87. The second-order valence-corrected chi connectivity index (χ2v) is 4.00. The van der Waals surface area contributed by atoms with E-state index in [4.69, 9.17) is 11.6 Å². The van der Waals surface area contributed by atoms with Crippen molar-refractivity contribution >= 4 is 11.6 Å². The van der Waals surface area contributed by atoms with Crippen molar-refractivity contribution in [1.29, 1.82) is 0 Å². The van der Waals surface area contributed by atoms with Crippen molar-refractivity contribution in [2.24, 2.45) is 0 Å². The predicted octanol–water partition coefficient (Wildman–Crippen LogP) is 3.18. The van der Waals surface area contributed by atoms with Crippen LogP contribution in [-0.2, 0) is 0 Å². The van der Waals surface area contributed by atoms with Gasteiger partial charge in [0.25, 0.3) is 0 Å². The van der Waals surface area contributed by atoms with E-state index in [0.29, 0.717) is 17.2 Å². The van der Waals surface area contributed by atoms with Crippen molar-refractivity contribution in [3.05, 3.63) is 29.0 Å². The molecule has 1 aromatic heterocycles. The minimum Gasteiger partial charge on any atom is -0.308 e.